The molecule has 1 aromatic carbocycles. The molecule has 28 heavy (non-hydrogen) atoms. The van der Waals surface area contributed by atoms with Gasteiger partial charge in [0.15, 0.2) is 11.5 Å². The molecule has 0 aliphatic carbocycles. The smallest absolute Gasteiger partial charge is 0.244 e. The lowest BCUT2D eigenvalue weighted by Gasteiger charge is -2.06. The van der Waals surface area contributed by atoms with E-state index in [1.54, 1.807) is 12.3 Å². The Hall–Kier alpha value is -3.48. The van der Waals surface area contributed by atoms with Gasteiger partial charge >= 0.3 is 0 Å². The summed E-state index contributed by atoms with van der Waals surface area (Å²) in [4.78, 5) is 12.1. The van der Waals surface area contributed by atoms with Crippen molar-refractivity contribution in [2.45, 2.75) is 20.4 Å². The molecule has 1 amide bonds. The first-order chi connectivity index (χ1) is 13.6. The molecule has 0 bridgehead atoms. The second-order valence-electron chi connectivity index (χ2n) is 6.48. The summed E-state index contributed by atoms with van der Waals surface area (Å²) < 4.78 is 18.0. The summed E-state index contributed by atoms with van der Waals surface area (Å²) in [6.07, 6.45) is 4.90. The van der Waals surface area contributed by atoms with Gasteiger partial charge in [-0.15, -0.1) is 0 Å². The molecule has 7 nitrogen and oxygen atoms in total. The third-order valence-electron chi connectivity index (χ3n) is 4.60. The van der Waals surface area contributed by atoms with Gasteiger partial charge in [0.1, 0.15) is 5.76 Å². The van der Waals surface area contributed by atoms with Gasteiger partial charge in [-0.25, -0.2) is 0 Å². The number of aryl methyl sites for hydroxylation is 1. The number of hydrogen-bond acceptors (Lipinski definition) is 5. The molecule has 0 unspecified atom stereocenters. The average molecular weight is 379 g/mol. The van der Waals surface area contributed by atoms with E-state index >= 15 is 0 Å². The van der Waals surface area contributed by atoms with Crippen LogP contribution in [0, 0.1) is 13.8 Å². The number of carbonyl (C=O) groups is 1. The molecule has 7 heteroatoms. The van der Waals surface area contributed by atoms with E-state index in [0.29, 0.717) is 18.8 Å². The van der Waals surface area contributed by atoms with E-state index in [1.807, 2.05) is 48.9 Å². The van der Waals surface area contributed by atoms with Gasteiger partial charge in [0.05, 0.1) is 24.1 Å². The van der Waals surface area contributed by atoms with Crippen molar-refractivity contribution in [2.75, 3.05) is 13.3 Å². The van der Waals surface area contributed by atoms with Gasteiger partial charge in [-0.1, -0.05) is 6.07 Å². The highest BCUT2D eigenvalue weighted by Gasteiger charge is 2.15. The molecule has 0 saturated carbocycles. The van der Waals surface area contributed by atoms with E-state index in [-0.39, 0.29) is 12.7 Å². The van der Waals surface area contributed by atoms with E-state index < -0.39 is 0 Å². The molecule has 0 atom stereocenters. The van der Waals surface area contributed by atoms with Gasteiger partial charge in [0.2, 0.25) is 12.7 Å². The molecule has 4 rings (SSSR count). The van der Waals surface area contributed by atoms with Crippen LogP contribution in [-0.2, 0) is 11.3 Å². The zero-order valence-corrected chi connectivity index (χ0v) is 15.8. The van der Waals surface area contributed by atoms with Crippen molar-refractivity contribution in [3.63, 3.8) is 0 Å². The van der Waals surface area contributed by atoms with E-state index in [4.69, 9.17) is 13.9 Å². The number of nitrogens with zero attached hydrogens (tertiary/aromatic N) is 2. The monoisotopic (exact) mass is 379 g/mol. The number of rotatable bonds is 6. The van der Waals surface area contributed by atoms with Crippen molar-refractivity contribution in [1.82, 2.24) is 15.1 Å². The first-order valence-corrected chi connectivity index (χ1v) is 9.05. The zero-order chi connectivity index (χ0) is 19.5. The number of furan rings is 1. The van der Waals surface area contributed by atoms with Gasteiger partial charge in [-0.05, 0) is 49.8 Å². The van der Waals surface area contributed by atoms with Crippen molar-refractivity contribution in [2.24, 2.45) is 0 Å². The quantitative estimate of drug-likeness (QED) is 0.665. The third-order valence-corrected chi connectivity index (χ3v) is 4.60. The van der Waals surface area contributed by atoms with Crippen LogP contribution in [0.4, 0.5) is 0 Å². The highest BCUT2D eigenvalue weighted by atomic mass is 16.7. The van der Waals surface area contributed by atoms with Crippen LogP contribution in [0.3, 0.4) is 0 Å². The Morgan fingerprint density at radius 1 is 1.25 bits per heavy atom. The molecule has 144 valence electrons. The minimum absolute atomic E-state index is 0.162. The minimum atomic E-state index is -0.162. The summed E-state index contributed by atoms with van der Waals surface area (Å²) in [5.74, 6) is 2.06. The maximum Gasteiger partial charge on any atom is 0.244 e. The highest BCUT2D eigenvalue weighted by molar-refractivity contribution is 5.91. The van der Waals surface area contributed by atoms with E-state index in [0.717, 1.165) is 34.0 Å². The standard InChI is InChI=1S/C21H21N3O4/c1-14-21(18-4-3-11-26-18)15(2)24(23-14)10-9-22-20(25)8-6-16-5-7-17-19(12-16)28-13-27-17/h3-8,11-12H,9-10,13H2,1-2H3,(H,22,25)/b8-6+. The fourth-order valence-corrected chi connectivity index (χ4v) is 3.22. The zero-order valence-electron chi connectivity index (χ0n) is 15.8. The lowest BCUT2D eigenvalue weighted by molar-refractivity contribution is -0.116. The molecule has 1 aliphatic heterocycles. The molecule has 3 heterocycles. The van der Waals surface area contributed by atoms with Gasteiger partial charge in [0, 0.05) is 18.3 Å². The SMILES string of the molecule is Cc1nn(CCNC(=O)/C=C/c2ccc3c(c2)OCO3)c(C)c1-c1ccco1. The summed E-state index contributed by atoms with van der Waals surface area (Å²) in [7, 11) is 0. The Kier molecular flexibility index (Phi) is 4.89. The molecular formula is C21H21N3O4. The van der Waals surface area contributed by atoms with Crippen LogP contribution in [0.5, 0.6) is 11.5 Å². The largest absolute Gasteiger partial charge is 0.464 e. The number of nitrogens with one attached hydrogen (secondary N) is 1. The number of hydrogen-bond donors (Lipinski definition) is 1. The number of aromatic nitrogens is 2. The van der Waals surface area contributed by atoms with Crippen molar-refractivity contribution in [3.8, 4) is 22.8 Å². The second-order valence-corrected chi connectivity index (χ2v) is 6.48. The molecule has 0 spiro atoms. The van der Waals surface area contributed by atoms with Crippen LogP contribution in [0.25, 0.3) is 17.4 Å². The van der Waals surface area contributed by atoms with E-state index in [9.17, 15) is 4.79 Å². The highest BCUT2D eigenvalue weighted by Crippen LogP contribution is 2.32. The Bertz CT molecular complexity index is 1020. The van der Waals surface area contributed by atoms with Crippen molar-refractivity contribution >= 4 is 12.0 Å². The number of fused-ring (bicyclic) bond motifs is 1. The van der Waals surface area contributed by atoms with Crippen LogP contribution in [0.2, 0.25) is 0 Å². The van der Waals surface area contributed by atoms with Crippen LogP contribution < -0.4 is 14.8 Å². The average Bonchev–Trinajstić information content (AvgIpc) is 3.41. The van der Waals surface area contributed by atoms with Crippen LogP contribution in [0.15, 0.2) is 47.1 Å². The number of benzene rings is 1. The van der Waals surface area contributed by atoms with Crippen LogP contribution in [0.1, 0.15) is 17.0 Å². The maximum absolute atomic E-state index is 12.1. The maximum atomic E-state index is 12.1. The number of amides is 1. The first kappa shape index (κ1) is 17.9. The lowest BCUT2D eigenvalue weighted by atomic mass is 10.1. The Labute approximate surface area is 162 Å². The summed E-state index contributed by atoms with van der Waals surface area (Å²) in [6.45, 7) is 5.24. The summed E-state index contributed by atoms with van der Waals surface area (Å²) in [5, 5.41) is 7.43. The molecular weight excluding hydrogens is 358 g/mol. The Morgan fingerprint density at radius 2 is 2.11 bits per heavy atom. The molecule has 0 saturated heterocycles. The summed E-state index contributed by atoms with van der Waals surface area (Å²) in [6, 6.07) is 9.34. The fraction of sp³-hybridized carbons (Fsp3) is 0.238. The van der Waals surface area contributed by atoms with Crippen LogP contribution in [-0.4, -0.2) is 29.0 Å². The molecule has 0 radical (unpaired) electrons. The Balaban J connectivity index is 1.33. The second kappa shape index (κ2) is 7.64. The van der Waals surface area contributed by atoms with Crippen LogP contribution >= 0.6 is 0 Å². The number of carbonyl (C=O) groups excluding carboxylic acids is 1. The van der Waals surface area contributed by atoms with Crippen molar-refractivity contribution in [3.05, 3.63) is 59.6 Å². The summed E-state index contributed by atoms with van der Waals surface area (Å²) >= 11 is 0. The van der Waals surface area contributed by atoms with Gasteiger partial charge < -0.3 is 19.2 Å². The van der Waals surface area contributed by atoms with Gasteiger partial charge in [-0.3, -0.25) is 9.48 Å². The third kappa shape index (κ3) is 3.64. The molecule has 1 aliphatic rings. The topological polar surface area (TPSA) is 78.5 Å². The molecule has 2 aromatic heterocycles. The lowest BCUT2D eigenvalue weighted by Crippen LogP contribution is -2.26. The molecule has 0 fully saturated rings. The van der Waals surface area contributed by atoms with Crippen molar-refractivity contribution in [1.29, 1.82) is 0 Å². The number of ether oxygens (including phenoxy) is 2. The van der Waals surface area contributed by atoms with E-state index in [2.05, 4.69) is 10.4 Å². The predicted octanol–water partition coefficient (Wildman–Crippen LogP) is 3.32. The first-order valence-electron chi connectivity index (χ1n) is 9.05. The normalized spacial score (nSPS) is 12.6. The summed E-state index contributed by atoms with van der Waals surface area (Å²) in [5.41, 5.74) is 3.79. The van der Waals surface area contributed by atoms with E-state index in [1.165, 1.54) is 6.08 Å². The predicted molar refractivity (Wildman–Crippen MR) is 104 cm³/mol. The van der Waals surface area contributed by atoms with Gasteiger partial charge in [-0.2, -0.15) is 5.10 Å². The minimum Gasteiger partial charge on any atom is -0.464 e. The fourth-order valence-electron chi connectivity index (χ4n) is 3.22. The molecule has 3 aromatic rings. The Morgan fingerprint density at radius 3 is 2.93 bits per heavy atom. The molecule has 1 N–H and O–H groups in total. The van der Waals surface area contributed by atoms with Crippen molar-refractivity contribution < 1.29 is 18.7 Å². The van der Waals surface area contributed by atoms with Gasteiger partial charge in [0.25, 0.3) is 0 Å².